The van der Waals surface area contributed by atoms with Crippen molar-refractivity contribution in [3.63, 3.8) is 0 Å². The molecule has 5 rings (SSSR count). The van der Waals surface area contributed by atoms with Crippen molar-refractivity contribution < 1.29 is 8.91 Å². The molecule has 4 aromatic rings. The molecule has 3 aromatic heterocycles. The number of benzene rings is 1. The van der Waals surface area contributed by atoms with Gasteiger partial charge in [0.2, 0.25) is 11.7 Å². The summed E-state index contributed by atoms with van der Waals surface area (Å²) in [6.45, 7) is 6.07. The predicted octanol–water partition coefficient (Wildman–Crippen LogP) is 3.93. The summed E-state index contributed by atoms with van der Waals surface area (Å²) in [6, 6.07) is 4.34. The largest absolute Gasteiger partial charge is 0.339 e. The summed E-state index contributed by atoms with van der Waals surface area (Å²) in [7, 11) is 0. The van der Waals surface area contributed by atoms with Gasteiger partial charge in [-0.1, -0.05) is 19.0 Å². The molecule has 3 unspecified atom stereocenters. The van der Waals surface area contributed by atoms with E-state index in [1.165, 1.54) is 12.1 Å². The fraction of sp³-hybridized carbons (Fsp3) is 0.400. The fourth-order valence-electron chi connectivity index (χ4n) is 3.78. The van der Waals surface area contributed by atoms with Crippen LogP contribution in [0, 0.1) is 11.7 Å². The highest BCUT2D eigenvalue weighted by atomic mass is 19.1. The molecule has 0 radical (unpaired) electrons. The van der Waals surface area contributed by atoms with Gasteiger partial charge >= 0.3 is 0 Å². The zero-order chi connectivity index (χ0) is 19.6. The lowest BCUT2D eigenvalue weighted by Crippen LogP contribution is -2.25. The smallest absolute Gasteiger partial charge is 0.278 e. The van der Waals surface area contributed by atoms with Crippen LogP contribution in [-0.2, 0) is 0 Å². The van der Waals surface area contributed by atoms with Gasteiger partial charge in [-0.25, -0.2) is 9.37 Å². The molecule has 0 N–H and O–H groups in total. The highest BCUT2D eigenvalue weighted by Gasteiger charge is 2.39. The van der Waals surface area contributed by atoms with Gasteiger partial charge < -0.3 is 9.09 Å². The lowest BCUT2D eigenvalue weighted by atomic mass is 10.2. The van der Waals surface area contributed by atoms with Crippen LogP contribution >= 0.6 is 0 Å². The third-order valence-electron chi connectivity index (χ3n) is 5.76. The molecule has 1 aromatic carbocycles. The third-order valence-corrected chi connectivity index (χ3v) is 5.76. The molecule has 0 spiro atoms. The van der Waals surface area contributed by atoms with Crippen LogP contribution in [0.2, 0.25) is 0 Å². The molecular weight excluding hydrogens is 361 g/mol. The Balaban J connectivity index is 1.80. The summed E-state index contributed by atoms with van der Waals surface area (Å²) in [4.78, 5) is 22.3. The van der Waals surface area contributed by atoms with Gasteiger partial charge in [-0.15, -0.1) is 0 Å². The number of hydrogen-bond acceptors (Lipinski definition) is 5. The minimum Gasteiger partial charge on any atom is -0.339 e. The maximum absolute atomic E-state index is 13.9. The van der Waals surface area contributed by atoms with E-state index in [0.29, 0.717) is 39.9 Å². The SMILES string of the molecule is CCC(C)n1c(=O)c2c(-c3noc(C4CC4C)n3)ncn2c2ccc(F)cc21. The number of fused-ring (bicyclic) bond motifs is 3. The van der Waals surface area contributed by atoms with Crippen LogP contribution in [0.1, 0.15) is 51.5 Å². The second kappa shape index (κ2) is 5.98. The Morgan fingerprint density at radius 2 is 2.14 bits per heavy atom. The maximum atomic E-state index is 13.9. The van der Waals surface area contributed by atoms with E-state index in [1.54, 1.807) is 21.4 Å². The molecule has 8 heteroatoms. The summed E-state index contributed by atoms with van der Waals surface area (Å²) < 4.78 is 22.6. The van der Waals surface area contributed by atoms with Crippen LogP contribution in [0.3, 0.4) is 0 Å². The van der Waals surface area contributed by atoms with E-state index in [4.69, 9.17) is 4.52 Å². The summed E-state index contributed by atoms with van der Waals surface area (Å²) in [5.41, 5.74) is 1.75. The zero-order valence-electron chi connectivity index (χ0n) is 15.9. The van der Waals surface area contributed by atoms with E-state index < -0.39 is 0 Å². The first kappa shape index (κ1) is 17.1. The van der Waals surface area contributed by atoms with Gasteiger partial charge in [0, 0.05) is 12.0 Å². The first-order valence-corrected chi connectivity index (χ1v) is 9.54. The Kier molecular flexibility index (Phi) is 3.65. The van der Waals surface area contributed by atoms with Crippen LogP contribution in [0.25, 0.3) is 28.1 Å². The third kappa shape index (κ3) is 2.40. The Hall–Kier alpha value is -3.03. The Morgan fingerprint density at radius 3 is 2.86 bits per heavy atom. The zero-order valence-corrected chi connectivity index (χ0v) is 15.9. The van der Waals surface area contributed by atoms with Gasteiger partial charge in [0.25, 0.3) is 5.56 Å². The van der Waals surface area contributed by atoms with Crippen LogP contribution < -0.4 is 5.56 Å². The maximum Gasteiger partial charge on any atom is 0.278 e. The second-order valence-electron chi connectivity index (χ2n) is 7.65. The van der Waals surface area contributed by atoms with Gasteiger partial charge in [0.15, 0.2) is 0 Å². The number of halogens is 1. The molecule has 1 fully saturated rings. The Labute approximate surface area is 159 Å². The Bertz CT molecular complexity index is 1270. The monoisotopic (exact) mass is 381 g/mol. The highest BCUT2D eigenvalue weighted by Crippen LogP contribution is 2.46. The van der Waals surface area contributed by atoms with Crippen molar-refractivity contribution in [3.8, 4) is 11.5 Å². The van der Waals surface area contributed by atoms with Crippen LogP contribution in [0.4, 0.5) is 4.39 Å². The first-order chi connectivity index (χ1) is 13.5. The molecule has 0 saturated heterocycles. The molecule has 144 valence electrons. The molecule has 28 heavy (non-hydrogen) atoms. The van der Waals surface area contributed by atoms with Crippen molar-refractivity contribution in [3.05, 3.63) is 46.6 Å². The van der Waals surface area contributed by atoms with Crippen molar-refractivity contribution >= 4 is 16.6 Å². The van der Waals surface area contributed by atoms with Crippen molar-refractivity contribution in [2.45, 2.75) is 45.6 Å². The molecule has 1 aliphatic carbocycles. The predicted molar refractivity (Wildman–Crippen MR) is 102 cm³/mol. The molecular formula is C20H20FN5O2. The minimum atomic E-state index is -0.384. The van der Waals surface area contributed by atoms with E-state index in [2.05, 4.69) is 22.0 Å². The molecule has 3 atom stereocenters. The lowest BCUT2D eigenvalue weighted by molar-refractivity contribution is 0.376. The van der Waals surface area contributed by atoms with Gasteiger partial charge in [0.1, 0.15) is 23.4 Å². The lowest BCUT2D eigenvalue weighted by Gasteiger charge is -2.17. The van der Waals surface area contributed by atoms with Crippen LogP contribution in [-0.4, -0.2) is 24.1 Å². The van der Waals surface area contributed by atoms with Crippen molar-refractivity contribution in [1.82, 2.24) is 24.1 Å². The van der Waals surface area contributed by atoms with Crippen molar-refractivity contribution in [2.75, 3.05) is 0 Å². The van der Waals surface area contributed by atoms with Crippen LogP contribution in [0.5, 0.6) is 0 Å². The quantitative estimate of drug-likeness (QED) is 0.535. The average molecular weight is 381 g/mol. The van der Waals surface area contributed by atoms with E-state index in [-0.39, 0.29) is 23.3 Å². The molecule has 3 heterocycles. The molecule has 1 saturated carbocycles. The van der Waals surface area contributed by atoms with E-state index >= 15 is 0 Å². The minimum absolute atomic E-state index is 0.0994. The fourth-order valence-corrected chi connectivity index (χ4v) is 3.78. The molecule has 0 amide bonds. The molecule has 0 aliphatic heterocycles. The number of imidazole rings is 1. The normalized spacial score (nSPS) is 20.1. The van der Waals surface area contributed by atoms with Crippen LogP contribution in [0.15, 0.2) is 33.8 Å². The van der Waals surface area contributed by atoms with E-state index in [0.717, 1.165) is 12.8 Å². The standard InChI is InChI=1S/C20H20FN5O2/c1-4-11(3)26-15-8-12(21)5-6-14(15)25-9-22-16(17(25)20(26)27)18-23-19(28-24-18)13-7-10(13)2/h5-6,8-11,13H,4,7H2,1-3H3. The molecule has 7 nitrogen and oxygen atoms in total. The van der Waals surface area contributed by atoms with Gasteiger partial charge in [-0.05, 0) is 43.9 Å². The molecule has 0 bridgehead atoms. The van der Waals surface area contributed by atoms with E-state index in [1.807, 2.05) is 13.8 Å². The number of hydrogen-bond donors (Lipinski definition) is 0. The second-order valence-corrected chi connectivity index (χ2v) is 7.65. The summed E-state index contributed by atoms with van der Waals surface area (Å²) in [5, 5.41) is 4.06. The van der Waals surface area contributed by atoms with E-state index in [9.17, 15) is 9.18 Å². The Morgan fingerprint density at radius 1 is 1.36 bits per heavy atom. The van der Waals surface area contributed by atoms with Gasteiger partial charge in [0.05, 0.1) is 11.0 Å². The topological polar surface area (TPSA) is 78.2 Å². The summed E-state index contributed by atoms with van der Waals surface area (Å²) in [6.07, 6.45) is 3.32. The number of rotatable bonds is 4. The summed E-state index contributed by atoms with van der Waals surface area (Å²) >= 11 is 0. The van der Waals surface area contributed by atoms with Crippen molar-refractivity contribution in [2.24, 2.45) is 5.92 Å². The van der Waals surface area contributed by atoms with Gasteiger partial charge in [-0.2, -0.15) is 4.98 Å². The number of aromatic nitrogens is 5. The first-order valence-electron chi connectivity index (χ1n) is 9.54. The number of nitrogens with zero attached hydrogens (tertiary/aromatic N) is 5. The summed E-state index contributed by atoms with van der Waals surface area (Å²) in [5.74, 6) is 1.34. The average Bonchev–Trinajstić information content (AvgIpc) is 3.09. The highest BCUT2D eigenvalue weighted by molar-refractivity contribution is 5.83. The molecule has 1 aliphatic rings. The van der Waals surface area contributed by atoms with Gasteiger partial charge in [-0.3, -0.25) is 9.20 Å². The van der Waals surface area contributed by atoms with Crippen molar-refractivity contribution in [1.29, 1.82) is 0 Å².